The van der Waals surface area contributed by atoms with Crippen LogP contribution in [0.3, 0.4) is 0 Å². The van der Waals surface area contributed by atoms with Crippen LogP contribution in [0.5, 0.6) is 0 Å². The maximum Gasteiger partial charge on any atom is 0.420 e. The fourth-order valence-electron chi connectivity index (χ4n) is 9.54. The quantitative estimate of drug-likeness (QED) is 0.169. The number of oxazole rings is 1. The molecule has 3 N–H and O–H groups in total. The summed E-state index contributed by atoms with van der Waals surface area (Å²) in [6, 6.07) is 15.7. The molecule has 5 aromatic rings. The molecule has 2 aromatic carbocycles. The predicted octanol–water partition coefficient (Wildman–Crippen LogP) is 4.52. The maximum atomic E-state index is 15.0. The summed E-state index contributed by atoms with van der Waals surface area (Å²) in [4.78, 5) is 80.7. The number of rotatable bonds is 10. The molecule has 4 aliphatic heterocycles. The third kappa shape index (κ3) is 8.91. The van der Waals surface area contributed by atoms with Crippen molar-refractivity contribution in [1.29, 1.82) is 0 Å². The fraction of sp³-hybridized carbons (Fsp3) is 0.444. The topological polar surface area (TPSA) is 179 Å². The van der Waals surface area contributed by atoms with Crippen LogP contribution in [0.15, 0.2) is 81.0 Å². The summed E-state index contributed by atoms with van der Waals surface area (Å²) < 4.78 is 21.9. The molecular weight excluding hydrogens is 782 g/mol. The van der Waals surface area contributed by atoms with E-state index < -0.39 is 23.5 Å². The van der Waals surface area contributed by atoms with Gasteiger partial charge in [-0.3, -0.25) is 34.0 Å². The van der Waals surface area contributed by atoms with Gasteiger partial charge < -0.3 is 24.5 Å². The number of amides is 3. The molecule has 0 bridgehead atoms. The number of carbonyl (C=O) groups excluding carboxylic acids is 3. The Morgan fingerprint density at radius 3 is 2.39 bits per heavy atom. The molecule has 0 saturated carbocycles. The number of H-pyrrole nitrogens is 1. The van der Waals surface area contributed by atoms with Gasteiger partial charge in [0.25, 0.3) is 5.56 Å². The number of hydrogen-bond acceptors (Lipinski definition) is 11. The SMILES string of the molecule is O=C1CCC(n2c(=O)oc3cc(C4CCN(CC5CCN(CC(=O)N6CCC(Nc7ncc(F)c(-c8cccc(-c9ccc[nH]c9=O)c8)n7)CC6)CC5)CC4)ccc32)C(=O)N1. The highest BCUT2D eigenvalue weighted by Crippen LogP contribution is 2.33. The van der Waals surface area contributed by atoms with Gasteiger partial charge >= 0.3 is 5.76 Å². The van der Waals surface area contributed by atoms with Crippen LogP contribution in [0.1, 0.15) is 68.9 Å². The minimum Gasteiger partial charge on any atom is -0.408 e. The molecule has 0 radical (unpaired) electrons. The van der Waals surface area contributed by atoms with Crippen LogP contribution in [-0.2, 0) is 14.4 Å². The van der Waals surface area contributed by atoms with Gasteiger partial charge in [-0.05, 0) is 124 Å². The first-order valence-electron chi connectivity index (χ1n) is 21.4. The van der Waals surface area contributed by atoms with Gasteiger partial charge in [-0.2, -0.15) is 0 Å². The average molecular weight is 832 g/mol. The zero-order valence-electron chi connectivity index (χ0n) is 34.0. The molecular formula is C45H50FN9O6. The predicted molar refractivity (Wildman–Crippen MR) is 226 cm³/mol. The number of likely N-dealkylation sites (tertiary alicyclic amines) is 3. The number of pyridine rings is 1. The van der Waals surface area contributed by atoms with Gasteiger partial charge in [-0.25, -0.2) is 19.2 Å². The van der Waals surface area contributed by atoms with Crippen molar-refractivity contribution >= 4 is 34.8 Å². The van der Waals surface area contributed by atoms with E-state index in [0.29, 0.717) is 65.2 Å². The van der Waals surface area contributed by atoms with E-state index in [4.69, 9.17) is 4.42 Å². The number of fused-ring (bicyclic) bond motifs is 1. The lowest BCUT2D eigenvalue weighted by atomic mass is 9.88. The first kappa shape index (κ1) is 40.4. The average Bonchev–Trinajstić information content (AvgIpc) is 3.60. The van der Waals surface area contributed by atoms with Gasteiger partial charge in [0.05, 0.1) is 18.3 Å². The van der Waals surface area contributed by atoms with Crippen molar-refractivity contribution in [2.24, 2.45) is 5.92 Å². The molecule has 61 heavy (non-hydrogen) atoms. The Labute approximate surface area is 351 Å². The van der Waals surface area contributed by atoms with E-state index in [2.05, 4.69) is 35.4 Å². The van der Waals surface area contributed by atoms with Crippen molar-refractivity contribution in [2.75, 3.05) is 57.7 Å². The zero-order valence-corrected chi connectivity index (χ0v) is 34.0. The van der Waals surface area contributed by atoms with E-state index in [1.54, 1.807) is 42.6 Å². The number of aromatic nitrogens is 4. The van der Waals surface area contributed by atoms with E-state index in [-0.39, 0.29) is 42.0 Å². The summed E-state index contributed by atoms with van der Waals surface area (Å²) in [5.74, 6) is -0.510. The summed E-state index contributed by atoms with van der Waals surface area (Å²) in [5.41, 5.74) is 3.80. The number of hydrogen-bond donors (Lipinski definition) is 3. The van der Waals surface area contributed by atoms with Gasteiger partial charge in [-0.15, -0.1) is 0 Å². The van der Waals surface area contributed by atoms with E-state index >= 15 is 0 Å². The molecule has 15 nitrogen and oxygen atoms in total. The number of halogens is 1. The molecule has 3 amide bonds. The smallest absolute Gasteiger partial charge is 0.408 e. The Bertz CT molecular complexity index is 2550. The molecule has 3 aromatic heterocycles. The van der Waals surface area contributed by atoms with Crippen LogP contribution in [0, 0.1) is 11.7 Å². The molecule has 9 rings (SSSR count). The van der Waals surface area contributed by atoms with Crippen molar-refractivity contribution in [2.45, 2.75) is 69.4 Å². The van der Waals surface area contributed by atoms with E-state index in [9.17, 15) is 28.4 Å². The van der Waals surface area contributed by atoms with Crippen LogP contribution in [-0.4, -0.2) is 110 Å². The van der Waals surface area contributed by atoms with E-state index in [0.717, 1.165) is 83.0 Å². The molecule has 7 heterocycles. The normalized spacial score (nSPS) is 20.3. The Morgan fingerprint density at radius 1 is 0.852 bits per heavy atom. The largest absolute Gasteiger partial charge is 0.420 e. The van der Waals surface area contributed by atoms with Crippen LogP contribution in [0.4, 0.5) is 10.3 Å². The number of piperidine rings is 4. The molecule has 318 valence electrons. The molecule has 0 aliphatic carbocycles. The van der Waals surface area contributed by atoms with Gasteiger partial charge in [0.15, 0.2) is 11.4 Å². The first-order chi connectivity index (χ1) is 29.6. The summed E-state index contributed by atoms with van der Waals surface area (Å²) in [5, 5.41) is 5.68. The van der Waals surface area contributed by atoms with E-state index in [1.807, 2.05) is 23.1 Å². The summed E-state index contributed by atoms with van der Waals surface area (Å²) in [6.07, 6.45) is 8.80. The third-order valence-electron chi connectivity index (χ3n) is 13.0. The molecule has 1 atom stereocenters. The third-order valence-corrected chi connectivity index (χ3v) is 13.0. The maximum absolute atomic E-state index is 15.0. The number of carbonyl (C=O) groups is 3. The lowest BCUT2D eigenvalue weighted by Gasteiger charge is -2.38. The second kappa shape index (κ2) is 17.5. The Balaban J connectivity index is 0.702. The monoisotopic (exact) mass is 831 g/mol. The molecule has 4 saturated heterocycles. The number of aromatic amines is 1. The van der Waals surface area contributed by atoms with Crippen molar-refractivity contribution < 1.29 is 23.2 Å². The first-order valence-corrected chi connectivity index (χ1v) is 21.4. The van der Waals surface area contributed by atoms with Crippen LogP contribution in [0.2, 0.25) is 0 Å². The van der Waals surface area contributed by atoms with Crippen LogP contribution in [0.25, 0.3) is 33.5 Å². The second-order valence-electron chi connectivity index (χ2n) is 16.9. The highest BCUT2D eigenvalue weighted by atomic mass is 19.1. The highest BCUT2D eigenvalue weighted by molar-refractivity contribution is 6.00. The van der Waals surface area contributed by atoms with Crippen LogP contribution < -0.4 is 21.9 Å². The zero-order chi connectivity index (χ0) is 42.0. The second-order valence-corrected chi connectivity index (χ2v) is 16.9. The minimum atomic E-state index is -0.754. The minimum absolute atomic E-state index is 0.0447. The van der Waals surface area contributed by atoms with Crippen molar-refractivity contribution in [3.05, 3.63) is 99.3 Å². The number of benzene rings is 2. The summed E-state index contributed by atoms with van der Waals surface area (Å²) >= 11 is 0. The number of anilines is 1. The van der Waals surface area contributed by atoms with Crippen molar-refractivity contribution in [1.82, 2.24) is 39.5 Å². The Morgan fingerprint density at radius 2 is 1.62 bits per heavy atom. The van der Waals surface area contributed by atoms with Crippen molar-refractivity contribution in [3.63, 3.8) is 0 Å². The van der Waals surface area contributed by atoms with Crippen molar-refractivity contribution in [3.8, 4) is 22.4 Å². The van der Waals surface area contributed by atoms with Gasteiger partial charge in [-0.1, -0.05) is 24.3 Å². The molecule has 16 heteroatoms. The van der Waals surface area contributed by atoms with E-state index in [1.165, 1.54) is 4.57 Å². The summed E-state index contributed by atoms with van der Waals surface area (Å²) in [7, 11) is 0. The number of nitrogens with zero attached hydrogens (tertiary/aromatic N) is 6. The lowest BCUT2D eigenvalue weighted by molar-refractivity contribution is -0.136. The van der Waals surface area contributed by atoms with Gasteiger partial charge in [0.1, 0.15) is 11.7 Å². The molecule has 4 fully saturated rings. The van der Waals surface area contributed by atoms with Crippen LogP contribution >= 0.6 is 0 Å². The Kier molecular flexibility index (Phi) is 11.6. The number of nitrogens with one attached hydrogen (secondary N) is 3. The molecule has 1 unspecified atom stereocenters. The standard InChI is InChI=1S/C45H50FN9O6/c46-35-25-48-44(51-41(35)32-4-1-3-31(23-32)34-5-2-16-47-42(34)58)49-33-14-21-54(22-15-33)40(57)27-53-17-10-28(11-18-53)26-52-19-12-29(13-20-52)30-6-7-36-38(24-30)61-45(60)55(36)37-8-9-39(56)50-43(37)59/h1-7,16,23-25,28-29,33,37H,8-15,17-22,26-27H2,(H,47,58)(H,48,49,51)(H,50,56,59). The number of imide groups is 1. The van der Waals surface area contributed by atoms with Gasteiger partial charge in [0.2, 0.25) is 23.7 Å². The highest BCUT2D eigenvalue weighted by Gasteiger charge is 2.33. The van der Waals surface area contributed by atoms with Gasteiger partial charge in [0, 0.05) is 49.4 Å². The lowest BCUT2D eigenvalue weighted by Crippen LogP contribution is -2.48. The molecule has 0 spiro atoms. The fourth-order valence-corrected chi connectivity index (χ4v) is 9.54. The summed E-state index contributed by atoms with van der Waals surface area (Å²) in [6.45, 7) is 6.53. The molecule has 4 aliphatic rings. The Hall–Kier alpha value is -6.00.